The Morgan fingerprint density at radius 3 is 2.77 bits per heavy atom. The lowest BCUT2D eigenvalue weighted by Gasteiger charge is -2.35. The summed E-state index contributed by atoms with van der Waals surface area (Å²) in [6.07, 6.45) is 3.65. The third kappa shape index (κ3) is 2.43. The fraction of sp³-hybridized carbons (Fsp3) is 0.500. The van der Waals surface area contributed by atoms with Gasteiger partial charge < -0.3 is 20.1 Å². The maximum atomic E-state index is 12.2. The molecule has 0 spiro atoms. The Morgan fingerprint density at radius 1 is 1.45 bits per heavy atom. The summed E-state index contributed by atoms with van der Waals surface area (Å²) in [5, 5.41) is 12.8. The highest BCUT2D eigenvalue weighted by atomic mass is 16.5. The minimum Gasteiger partial charge on any atom is -0.465 e. The molecule has 6 heteroatoms. The van der Waals surface area contributed by atoms with Gasteiger partial charge in [0.25, 0.3) is 0 Å². The summed E-state index contributed by atoms with van der Waals surface area (Å²) >= 11 is 0. The summed E-state index contributed by atoms with van der Waals surface area (Å²) in [4.78, 5) is 25.6. The van der Waals surface area contributed by atoms with Gasteiger partial charge >= 0.3 is 5.97 Å². The molecule has 1 heterocycles. The number of carbonyl (C=O) groups is 2. The lowest BCUT2D eigenvalue weighted by Crippen LogP contribution is -2.44. The van der Waals surface area contributed by atoms with Gasteiger partial charge in [0.2, 0.25) is 11.6 Å². The van der Waals surface area contributed by atoms with E-state index in [0.717, 1.165) is 24.1 Å². The number of aliphatic hydroxyl groups is 1. The van der Waals surface area contributed by atoms with Gasteiger partial charge in [0.05, 0.1) is 13.5 Å². The Kier molecular flexibility index (Phi) is 3.56. The van der Waals surface area contributed by atoms with Crippen molar-refractivity contribution in [2.45, 2.75) is 44.4 Å². The summed E-state index contributed by atoms with van der Waals surface area (Å²) in [5.41, 5.74) is 0.636. The molecule has 118 valence electrons. The minimum absolute atomic E-state index is 0.122. The van der Waals surface area contributed by atoms with E-state index in [4.69, 9.17) is 0 Å². The van der Waals surface area contributed by atoms with E-state index in [1.165, 1.54) is 20.5 Å². The Morgan fingerprint density at radius 2 is 2.18 bits per heavy atom. The average Bonchev–Trinajstić information content (AvgIpc) is 2.71. The molecular weight excluding hydrogens is 284 g/mol. The van der Waals surface area contributed by atoms with E-state index < -0.39 is 11.7 Å². The minimum atomic E-state index is -1.81. The van der Waals surface area contributed by atoms with E-state index in [2.05, 4.69) is 10.1 Å². The summed E-state index contributed by atoms with van der Waals surface area (Å²) in [6.45, 7) is 1.33. The highest BCUT2D eigenvalue weighted by Gasteiger charge is 2.36. The third-order valence-electron chi connectivity index (χ3n) is 4.36. The van der Waals surface area contributed by atoms with Crippen molar-refractivity contribution >= 4 is 23.3 Å². The van der Waals surface area contributed by atoms with Crippen LogP contribution >= 0.6 is 0 Å². The molecule has 1 aliphatic heterocycles. The SMILES string of the molecule is COC(=O)[C@@](C)(O)Nc1ccc2c(c1)CC(=O)N2C1CCC1. The molecule has 2 N–H and O–H groups in total. The smallest absolute Gasteiger partial charge is 0.358 e. The summed E-state index contributed by atoms with van der Waals surface area (Å²) < 4.78 is 4.55. The van der Waals surface area contributed by atoms with Gasteiger partial charge in [-0.15, -0.1) is 0 Å². The fourth-order valence-electron chi connectivity index (χ4n) is 3.00. The Labute approximate surface area is 129 Å². The van der Waals surface area contributed by atoms with Crippen LogP contribution in [0.2, 0.25) is 0 Å². The van der Waals surface area contributed by atoms with Gasteiger partial charge in [-0.3, -0.25) is 4.79 Å². The van der Waals surface area contributed by atoms with Crippen LogP contribution in [0.15, 0.2) is 18.2 Å². The van der Waals surface area contributed by atoms with E-state index in [1.54, 1.807) is 6.07 Å². The molecule has 1 aliphatic carbocycles. The summed E-state index contributed by atoms with van der Waals surface area (Å²) in [7, 11) is 1.22. The molecule has 1 aromatic rings. The van der Waals surface area contributed by atoms with Crippen LogP contribution in [0.1, 0.15) is 31.7 Å². The third-order valence-corrected chi connectivity index (χ3v) is 4.36. The van der Waals surface area contributed by atoms with Crippen LogP contribution in [0.5, 0.6) is 0 Å². The predicted octanol–water partition coefficient (Wildman–Crippen LogP) is 1.42. The van der Waals surface area contributed by atoms with Crippen LogP contribution in [-0.4, -0.2) is 35.9 Å². The van der Waals surface area contributed by atoms with Crippen LogP contribution in [0, 0.1) is 0 Å². The van der Waals surface area contributed by atoms with Crippen molar-refractivity contribution in [2.75, 3.05) is 17.3 Å². The van der Waals surface area contributed by atoms with Crippen molar-refractivity contribution in [1.29, 1.82) is 0 Å². The molecule has 0 bridgehead atoms. The number of carbonyl (C=O) groups excluding carboxylic acids is 2. The molecule has 0 saturated heterocycles. The first kappa shape index (κ1) is 14.8. The second-order valence-electron chi connectivity index (χ2n) is 6.06. The number of methoxy groups -OCH3 is 1. The van der Waals surface area contributed by atoms with Crippen molar-refractivity contribution in [2.24, 2.45) is 0 Å². The van der Waals surface area contributed by atoms with Crippen molar-refractivity contribution in [1.82, 2.24) is 0 Å². The molecule has 1 amide bonds. The molecule has 2 aliphatic rings. The van der Waals surface area contributed by atoms with Gasteiger partial charge in [0.1, 0.15) is 0 Å². The molecule has 0 aromatic heterocycles. The second kappa shape index (κ2) is 5.28. The summed E-state index contributed by atoms with van der Waals surface area (Å²) in [5.74, 6) is -0.642. The number of fused-ring (bicyclic) bond motifs is 1. The highest BCUT2D eigenvalue weighted by molar-refractivity contribution is 6.02. The molecule has 1 atom stereocenters. The predicted molar refractivity (Wildman–Crippen MR) is 81.5 cm³/mol. The molecule has 1 fully saturated rings. The number of ether oxygens (including phenoxy) is 1. The highest BCUT2D eigenvalue weighted by Crippen LogP contribution is 2.38. The molecular formula is C16H20N2O4. The van der Waals surface area contributed by atoms with Gasteiger partial charge in [-0.25, -0.2) is 4.79 Å². The first-order valence-corrected chi connectivity index (χ1v) is 7.46. The van der Waals surface area contributed by atoms with Crippen molar-refractivity contribution in [3.05, 3.63) is 23.8 Å². The maximum absolute atomic E-state index is 12.2. The number of hydrogen-bond donors (Lipinski definition) is 2. The number of nitrogens with one attached hydrogen (secondary N) is 1. The number of amides is 1. The number of esters is 1. The quantitative estimate of drug-likeness (QED) is 0.650. The Balaban J connectivity index is 1.82. The van der Waals surface area contributed by atoms with Gasteiger partial charge in [0, 0.05) is 17.4 Å². The molecule has 1 saturated carbocycles. The molecule has 3 rings (SSSR count). The van der Waals surface area contributed by atoms with Crippen molar-refractivity contribution in [3.63, 3.8) is 0 Å². The normalized spacial score (nSPS) is 20.1. The maximum Gasteiger partial charge on any atom is 0.358 e. The van der Waals surface area contributed by atoms with E-state index in [0.29, 0.717) is 18.2 Å². The molecule has 0 unspecified atom stereocenters. The van der Waals surface area contributed by atoms with Gasteiger partial charge in [-0.05, 0) is 49.9 Å². The lowest BCUT2D eigenvalue weighted by atomic mass is 9.91. The first-order valence-electron chi connectivity index (χ1n) is 7.46. The standard InChI is InChI=1S/C16H20N2O4/c1-16(21,15(20)22-2)17-11-6-7-13-10(8-11)9-14(19)18(13)12-4-3-5-12/h6-8,12,17,21H,3-5,9H2,1-2H3/t16-/m1/s1. The first-order chi connectivity index (χ1) is 10.4. The number of rotatable bonds is 4. The van der Waals surface area contributed by atoms with E-state index >= 15 is 0 Å². The molecule has 22 heavy (non-hydrogen) atoms. The molecule has 6 nitrogen and oxygen atoms in total. The average molecular weight is 304 g/mol. The molecule has 1 aromatic carbocycles. The van der Waals surface area contributed by atoms with Crippen LogP contribution in [0.4, 0.5) is 11.4 Å². The number of hydrogen-bond acceptors (Lipinski definition) is 5. The number of nitrogens with zero attached hydrogens (tertiary/aromatic N) is 1. The zero-order chi connectivity index (χ0) is 15.9. The van der Waals surface area contributed by atoms with E-state index in [1.807, 2.05) is 17.0 Å². The van der Waals surface area contributed by atoms with Crippen LogP contribution in [0.3, 0.4) is 0 Å². The van der Waals surface area contributed by atoms with Crippen LogP contribution in [0.25, 0.3) is 0 Å². The van der Waals surface area contributed by atoms with Crippen LogP contribution < -0.4 is 10.2 Å². The topological polar surface area (TPSA) is 78.9 Å². The number of anilines is 2. The van der Waals surface area contributed by atoms with Crippen LogP contribution in [-0.2, 0) is 20.7 Å². The second-order valence-corrected chi connectivity index (χ2v) is 6.06. The Bertz CT molecular complexity index is 623. The monoisotopic (exact) mass is 304 g/mol. The van der Waals surface area contributed by atoms with Crippen molar-refractivity contribution < 1.29 is 19.4 Å². The number of benzene rings is 1. The van der Waals surface area contributed by atoms with Gasteiger partial charge in [-0.2, -0.15) is 0 Å². The zero-order valence-electron chi connectivity index (χ0n) is 12.8. The van der Waals surface area contributed by atoms with Gasteiger partial charge in [0.15, 0.2) is 0 Å². The van der Waals surface area contributed by atoms with Crippen molar-refractivity contribution in [3.8, 4) is 0 Å². The lowest BCUT2D eigenvalue weighted by molar-refractivity contribution is -0.157. The van der Waals surface area contributed by atoms with E-state index in [9.17, 15) is 14.7 Å². The zero-order valence-corrected chi connectivity index (χ0v) is 12.8. The Hall–Kier alpha value is -2.08. The fourth-order valence-corrected chi connectivity index (χ4v) is 3.00. The molecule has 0 radical (unpaired) electrons. The largest absolute Gasteiger partial charge is 0.465 e. The van der Waals surface area contributed by atoms with Gasteiger partial charge in [-0.1, -0.05) is 0 Å². The summed E-state index contributed by atoms with van der Waals surface area (Å²) in [6, 6.07) is 5.77. The van der Waals surface area contributed by atoms with E-state index in [-0.39, 0.29) is 5.91 Å².